The van der Waals surface area contributed by atoms with Crippen molar-refractivity contribution in [1.82, 2.24) is 14.8 Å². The van der Waals surface area contributed by atoms with Gasteiger partial charge in [0.25, 0.3) is 0 Å². The average molecular weight is 535 g/mol. The fraction of sp³-hybridized carbons (Fsp3) is 0.417. The van der Waals surface area contributed by atoms with Crippen molar-refractivity contribution in [3.63, 3.8) is 0 Å². The maximum atomic E-state index is 12.8. The summed E-state index contributed by atoms with van der Waals surface area (Å²) in [6.45, 7) is 3.95. The van der Waals surface area contributed by atoms with E-state index in [0.29, 0.717) is 38.9 Å². The number of nitrogens with one attached hydrogen (secondary N) is 1. The molecule has 1 atom stereocenters. The number of carbonyl (C=O) groups is 2. The van der Waals surface area contributed by atoms with Crippen LogP contribution >= 0.6 is 34.7 Å². The molecule has 2 heterocycles. The van der Waals surface area contributed by atoms with E-state index < -0.39 is 0 Å². The van der Waals surface area contributed by atoms with E-state index in [9.17, 15) is 9.59 Å². The van der Waals surface area contributed by atoms with E-state index in [0.717, 1.165) is 36.1 Å². The molecule has 0 bridgehead atoms. The molecule has 0 saturated carbocycles. The molecule has 4 rings (SSSR count). The number of hydrogen-bond acceptors (Lipinski definition) is 8. The molecular weight excluding hydrogens is 508 g/mol. The van der Waals surface area contributed by atoms with Gasteiger partial charge in [-0.05, 0) is 63.3 Å². The molecule has 186 valence electrons. The van der Waals surface area contributed by atoms with Gasteiger partial charge in [-0.3, -0.25) is 4.79 Å². The monoisotopic (exact) mass is 534 g/mol. The number of thioether (sulfide) groups is 1. The van der Waals surface area contributed by atoms with Crippen molar-refractivity contribution in [1.29, 1.82) is 0 Å². The topological polar surface area (TPSA) is 95.3 Å². The minimum absolute atomic E-state index is 0.125. The number of amides is 1. The maximum absolute atomic E-state index is 12.8. The highest BCUT2D eigenvalue weighted by atomic mass is 35.5. The number of anilines is 1. The molecule has 8 nitrogen and oxygen atoms in total. The van der Waals surface area contributed by atoms with E-state index in [1.807, 2.05) is 26.1 Å². The van der Waals surface area contributed by atoms with Crippen molar-refractivity contribution >= 4 is 51.6 Å². The predicted octanol–water partition coefficient (Wildman–Crippen LogP) is 5.46. The van der Waals surface area contributed by atoms with Crippen molar-refractivity contribution in [2.45, 2.75) is 50.8 Å². The molecule has 1 N–H and O–H groups in total. The highest BCUT2D eigenvalue weighted by molar-refractivity contribution is 7.99. The molecule has 35 heavy (non-hydrogen) atoms. The molecule has 1 unspecified atom stereocenters. The van der Waals surface area contributed by atoms with Gasteiger partial charge >= 0.3 is 5.97 Å². The van der Waals surface area contributed by atoms with Crippen molar-refractivity contribution in [2.75, 3.05) is 17.7 Å². The Balaban J connectivity index is 1.40. The van der Waals surface area contributed by atoms with E-state index in [-0.39, 0.29) is 23.7 Å². The van der Waals surface area contributed by atoms with Crippen LogP contribution in [0.5, 0.6) is 5.75 Å². The molecule has 1 aromatic carbocycles. The Morgan fingerprint density at radius 3 is 2.86 bits per heavy atom. The summed E-state index contributed by atoms with van der Waals surface area (Å²) in [5, 5.41) is 13.1. The second-order valence-electron chi connectivity index (χ2n) is 8.09. The third-order valence-electron chi connectivity index (χ3n) is 5.58. The lowest BCUT2D eigenvalue weighted by atomic mass is 9.95. The summed E-state index contributed by atoms with van der Waals surface area (Å²) < 4.78 is 13.0. The number of halogens is 1. The van der Waals surface area contributed by atoms with Gasteiger partial charge < -0.3 is 19.4 Å². The van der Waals surface area contributed by atoms with Gasteiger partial charge in [0, 0.05) is 16.9 Å². The summed E-state index contributed by atoms with van der Waals surface area (Å²) in [4.78, 5) is 26.6. The van der Waals surface area contributed by atoms with E-state index in [1.54, 1.807) is 23.6 Å². The number of fused-ring (bicyclic) bond motifs is 1. The summed E-state index contributed by atoms with van der Waals surface area (Å²) in [7, 11) is 1.83. The van der Waals surface area contributed by atoms with Crippen molar-refractivity contribution < 1.29 is 19.1 Å². The molecular formula is C24H27ClN4O4S2. The normalized spacial score (nSPS) is 13.7. The average Bonchev–Trinajstić information content (AvgIpc) is 3.37. The third-order valence-corrected chi connectivity index (χ3v) is 8.04. The van der Waals surface area contributed by atoms with Gasteiger partial charge in [-0.25, -0.2) is 4.79 Å². The van der Waals surface area contributed by atoms with Crippen molar-refractivity contribution in [3.05, 3.63) is 51.1 Å². The molecule has 3 aromatic rings. The lowest BCUT2D eigenvalue weighted by molar-refractivity contribution is -0.113. The van der Waals surface area contributed by atoms with E-state index in [1.165, 1.54) is 23.1 Å². The van der Waals surface area contributed by atoms with Crippen LogP contribution < -0.4 is 10.1 Å². The van der Waals surface area contributed by atoms with Gasteiger partial charge in [0.1, 0.15) is 10.8 Å². The van der Waals surface area contributed by atoms with Crippen LogP contribution in [0.3, 0.4) is 0 Å². The van der Waals surface area contributed by atoms with E-state index in [2.05, 4.69) is 15.5 Å². The number of benzene rings is 1. The second kappa shape index (κ2) is 11.5. The Morgan fingerprint density at radius 1 is 1.29 bits per heavy atom. The first-order valence-electron chi connectivity index (χ1n) is 11.4. The molecule has 1 aliphatic carbocycles. The summed E-state index contributed by atoms with van der Waals surface area (Å²) in [5.74, 6) is 0.801. The first-order valence-corrected chi connectivity index (χ1v) is 13.6. The third kappa shape index (κ3) is 5.99. The largest absolute Gasteiger partial charge is 0.483 e. The quantitative estimate of drug-likeness (QED) is 0.288. The fourth-order valence-corrected chi connectivity index (χ4v) is 6.16. The van der Waals surface area contributed by atoms with Gasteiger partial charge in [-0.1, -0.05) is 29.4 Å². The number of ether oxygens (including phenoxy) is 2. The summed E-state index contributed by atoms with van der Waals surface area (Å²) >= 11 is 8.78. The first kappa shape index (κ1) is 25.5. The number of nitrogens with zero attached hydrogens (tertiary/aromatic N) is 3. The number of thiophene rings is 1. The Morgan fingerprint density at radius 2 is 2.09 bits per heavy atom. The zero-order chi connectivity index (χ0) is 24.9. The van der Waals surface area contributed by atoms with E-state index in [4.69, 9.17) is 21.1 Å². The predicted molar refractivity (Wildman–Crippen MR) is 138 cm³/mol. The lowest BCUT2D eigenvalue weighted by Gasteiger charge is -2.14. The number of esters is 1. The van der Waals surface area contributed by atoms with Crippen LogP contribution in [0, 0.1) is 0 Å². The van der Waals surface area contributed by atoms with Gasteiger partial charge in [0.15, 0.2) is 17.1 Å². The van der Waals surface area contributed by atoms with Crippen LogP contribution in [0.2, 0.25) is 5.02 Å². The SMILES string of the molecule is CCOC(=O)c1c(NC(=O)CSc2nnc(C(C)Oc3cccc(Cl)c3)n2C)sc2c1CCCC2. The summed E-state index contributed by atoms with van der Waals surface area (Å²) in [5.41, 5.74) is 1.53. The molecule has 1 amide bonds. The maximum Gasteiger partial charge on any atom is 0.341 e. The molecule has 1 aliphatic rings. The lowest BCUT2D eigenvalue weighted by Crippen LogP contribution is -2.17. The van der Waals surface area contributed by atoms with Gasteiger partial charge in [0.2, 0.25) is 5.91 Å². The van der Waals surface area contributed by atoms with Crippen LogP contribution in [0.15, 0.2) is 29.4 Å². The molecule has 0 saturated heterocycles. The molecule has 0 spiro atoms. The number of carbonyl (C=O) groups excluding carboxylic acids is 2. The Kier molecular flexibility index (Phi) is 8.35. The standard InChI is InChI=1S/C24H27ClN4O4S2/c1-4-32-23(31)20-17-10-5-6-11-18(17)35-22(20)26-19(30)13-34-24-28-27-21(29(24)3)14(2)33-16-9-7-8-15(25)12-16/h7-9,12,14H,4-6,10-11,13H2,1-3H3,(H,26,30). The van der Waals surface area contributed by atoms with Gasteiger partial charge in [-0.2, -0.15) is 0 Å². The number of aryl methyl sites for hydroxylation is 1. The smallest absolute Gasteiger partial charge is 0.341 e. The number of hydrogen-bond donors (Lipinski definition) is 1. The van der Waals surface area contributed by atoms with Crippen LogP contribution in [0.25, 0.3) is 0 Å². The summed E-state index contributed by atoms with van der Waals surface area (Å²) in [6, 6.07) is 7.16. The fourth-order valence-electron chi connectivity index (χ4n) is 3.97. The van der Waals surface area contributed by atoms with E-state index >= 15 is 0 Å². The zero-order valence-electron chi connectivity index (χ0n) is 19.8. The first-order chi connectivity index (χ1) is 16.9. The highest BCUT2D eigenvalue weighted by Crippen LogP contribution is 2.38. The second-order valence-corrected chi connectivity index (χ2v) is 10.6. The van der Waals surface area contributed by atoms with Crippen molar-refractivity contribution in [2.24, 2.45) is 7.05 Å². The van der Waals surface area contributed by atoms with Gasteiger partial charge in [0.05, 0.1) is 17.9 Å². The van der Waals surface area contributed by atoms with Crippen LogP contribution in [-0.4, -0.2) is 39.0 Å². The van der Waals surface area contributed by atoms with Gasteiger partial charge in [-0.15, -0.1) is 21.5 Å². The summed E-state index contributed by atoms with van der Waals surface area (Å²) in [6.07, 6.45) is 3.52. The van der Waals surface area contributed by atoms with Crippen LogP contribution in [0.4, 0.5) is 5.00 Å². The minimum atomic E-state index is -0.374. The molecule has 0 fully saturated rings. The Bertz CT molecular complexity index is 1230. The number of aromatic nitrogens is 3. The molecule has 0 radical (unpaired) electrons. The van der Waals surface area contributed by atoms with Crippen LogP contribution in [0.1, 0.15) is 59.4 Å². The Hall–Kier alpha value is -2.56. The highest BCUT2D eigenvalue weighted by Gasteiger charge is 2.27. The molecule has 0 aliphatic heterocycles. The van der Waals surface area contributed by atoms with Crippen LogP contribution in [-0.2, 0) is 29.4 Å². The molecule has 11 heteroatoms. The number of rotatable bonds is 9. The van der Waals surface area contributed by atoms with Crippen molar-refractivity contribution in [3.8, 4) is 5.75 Å². The Labute approximate surface area is 217 Å². The zero-order valence-corrected chi connectivity index (χ0v) is 22.2. The molecule has 2 aromatic heterocycles. The minimum Gasteiger partial charge on any atom is -0.483 e.